The number of carbonyl (C=O) groups excluding carboxylic acids is 2. The Morgan fingerprint density at radius 1 is 0.914 bits per heavy atom. The van der Waals surface area contributed by atoms with E-state index in [0.717, 1.165) is 5.56 Å². The molecule has 1 atom stereocenters. The Labute approximate surface area is 212 Å². The molecule has 1 N–H and O–H groups in total. The molecule has 0 aromatic heterocycles. The molecular formula is C27H21Cl2NO5. The number of ketones is 1. The zero-order valence-electron chi connectivity index (χ0n) is 18.5. The van der Waals surface area contributed by atoms with E-state index in [1.54, 1.807) is 36.4 Å². The van der Waals surface area contributed by atoms with Crippen LogP contribution >= 0.6 is 23.2 Å². The van der Waals surface area contributed by atoms with Crippen LogP contribution in [0.2, 0.25) is 10.0 Å². The van der Waals surface area contributed by atoms with E-state index in [0.29, 0.717) is 47.3 Å². The topological polar surface area (TPSA) is 76.1 Å². The number of carbonyl (C=O) groups is 2. The van der Waals surface area contributed by atoms with Gasteiger partial charge in [-0.05, 0) is 47.9 Å². The summed E-state index contributed by atoms with van der Waals surface area (Å²) in [5.41, 5.74) is 1.93. The van der Waals surface area contributed by atoms with E-state index in [1.807, 2.05) is 30.3 Å². The molecule has 1 fully saturated rings. The van der Waals surface area contributed by atoms with Gasteiger partial charge in [0.25, 0.3) is 11.7 Å². The Bertz CT molecular complexity index is 1340. The van der Waals surface area contributed by atoms with Crippen molar-refractivity contribution in [2.75, 3.05) is 19.8 Å². The van der Waals surface area contributed by atoms with Crippen LogP contribution < -0.4 is 9.47 Å². The van der Waals surface area contributed by atoms with Gasteiger partial charge in [-0.1, -0.05) is 59.6 Å². The predicted octanol–water partition coefficient (Wildman–Crippen LogP) is 5.43. The van der Waals surface area contributed by atoms with Gasteiger partial charge in [0.15, 0.2) is 11.5 Å². The molecular weight excluding hydrogens is 489 g/mol. The summed E-state index contributed by atoms with van der Waals surface area (Å²) in [6.07, 6.45) is 0.537. The van der Waals surface area contributed by atoms with Gasteiger partial charge in [-0.2, -0.15) is 0 Å². The van der Waals surface area contributed by atoms with E-state index in [9.17, 15) is 14.7 Å². The highest BCUT2D eigenvalue weighted by atomic mass is 35.5. The molecule has 6 nitrogen and oxygen atoms in total. The van der Waals surface area contributed by atoms with Crippen molar-refractivity contribution < 1.29 is 24.2 Å². The maximum absolute atomic E-state index is 13.2. The molecule has 0 saturated carbocycles. The summed E-state index contributed by atoms with van der Waals surface area (Å²) in [6, 6.07) is 18.7. The number of hydrogen-bond acceptors (Lipinski definition) is 5. The fourth-order valence-electron chi connectivity index (χ4n) is 4.38. The average molecular weight is 510 g/mol. The Balaban J connectivity index is 1.59. The van der Waals surface area contributed by atoms with Crippen molar-refractivity contribution in [3.05, 3.63) is 99.0 Å². The Kier molecular flexibility index (Phi) is 6.41. The number of aliphatic hydroxyl groups excluding tert-OH is 1. The van der Waals surface area contributed by atoms with Gasteiger partial charge in [-0.3, -0.25) is 9.59 Å². The van der Waals surface area contributed by atoms with Crippen LogP contribution in [0, 0.1) is 0 Å². The van der Waals surface area contributed by atoms with Crippen molar-refractivity contribution >= 4 is 40.7 Å². The first-order chi connectivity index (χ1) is 16.9. The molecule has 3 aromatic carbocycles. The lowest BCUT2D eigenvalue weighted by atomic mass is 9.95. The molecule has 1 saturated heterocycles. The van der Waals surface area contributed by atoms with E-state index in [-0.39, 0.29) is 22.9 Å². The van der Waals surface area contributed by atoms with Crippen molar-refractivity contribution in [3.63, 3.8) is 0 Å². The first-order valence-electron chi connectivity index (χ1n) is 11.1. The number of halogens is 2. The summed E-state index contributed by atoms with van der Waals surface area (Å²) >= 11 is 12.4. The monoisotopic (exact) mass is 509 g/mol. The predicted molar refractivity (Wildman–Crippen MR) is 133 cm³/mol. The number of Topliss-reactive ketones (excluding diaryl/α,β-unsaturated/α-hetero) is 1. The summed E-state index contributed by atoms with van der Waals surface area (Å²) in [5.74, 6) is -0.724. The number of likely N-dealkylation sites (tertiary alicyclic amines) is 1. The lowest BCUT2D eigenvalue weighted by Gasteiger charge is -2.26. The molecule has 8 heteroatoms. The van der Waals surface area contributed by atoms with Crippen LogP contribution in [0.15, 0.2) is 72.3 Å². The smallest absolute Gasteiger partial charge is 0.295 e. The highest BCUT2D eigenvalue weighted by Crippen LogP contribution is 2.42. The van der Waals surface area contributed by atoms with E-state index in [1.165, 1.54) is 4.90 Å². The first-order valence-corrected chi connectivity index (χ1v) is 11.9. The van der Waals surface area contributed by atoms with Crippen molar-refractivity contribution in [1.82, 2.24) is 4.90 Å². The standard InChI is InChI=1S/C27H21Cl2NO5/c28-19-8-6-17(14-20(19)29)24-23(25(31)18-7-9-21-22(15-18)35-13-12-34-21)26(32)27(33)30(24)11-10-16-4-2-1-3-5-16/h1-9,14-15,24,31H,10-13H2. The Morgan fingerprint density at radius 3 is 2.40 bits per heavy atom. The third-order valence-corrected chi connectivity index (χ3v) is 6.84. The van der Waals surface area contributed by atoms with E-state index < -0.39 is 17.7 Å². The molecule has 0 radical (unpaired) electrons. The molecule has 178 valence electrons. The molecule has 1 unspecified atom stereocenters. The van der Waals surface area contributed by atoms with Gasteiger partial charge >= 0.3 is 0 Å². The van der Waals surface area contributed by atoms with E-state index in [4.69, 9.17) is 32.7 Å². The second-order valence-corrected chi connectivity index (χ2v) is 9.07. The highest BCUT2D eigenvalue weighted by Gasteiger charge is 2.46. The van der Waals surface area contributed by atoms with Crippen molar-refractivity contribution in [2.24, 2.45) is 0 Å². The fourth-order valence-corrected chi connectivity index (χ4v) is 4.69. The van der Waals surface area contributed by atoms with E-state index in [2.05, 4.69) is 0 Å². The summed E-state index contributed by atoms with van der Waals surface area (Å²) in [5, 5.41) is 11.9. The van der Waals surface area contributed by atoms with Gasteiger partial charge in [-0.15, -0.1) is 0 Å². The normalized spacial score (nSPS) is 18.7. The number of amides is 1. The number of ether oxygens (including phenoxy) is 2. The van der Waals surface area contributed by atoms with E-state index >= 15 is 0 Å². The third kappa shape index (κ3) is 4.47. The fraction of sp³-hybridized carbons (Fsp3) is 0.185. The zero-order valence-corrected chi connectivity index (χ0v) is 20.1. The highest BCUT2D eigenvalue weighted by molar-refractivity contribution is 6.46. The maximum Gasteiger partial charge on any atom is 0.295 e. The molecule has 0 spiro atoms. The second-order valence-electron chi connectivity index (χ2n) is 8.26. The minimum Gasteiger partial charge on any atom is -0.507 e. The van der Waals surface area contributed by atoms with Gasteiger partial charge in [0, 0.05) is 12.1 Å². The molecule has 35 heavy (non-hydrogen) atoms. The summed E-state index contributed by atoms with van der Waals surface area (Å²) < 4.78 is 11.2. The van der Waals surface area contributed by atoms with Crippen molar-refractivity contribution in [2.45, 2.75) is 12.5 Å². The molecule has 0 aliphatic carbocycles. The van der Waals surface area contributed by atoms with Gasteiger partial charge < -0.3 is 19.5 Å². The SMILES string of the molecule is O=C1C(=O)N(CCc2ccccc2)C(c2ccc(Cl)c(Cl)c2)C1=C(O)c1ccc2c(c1)OCCO2. The minimum absolute atomic E-state index is 0.0156. The van der Waals surface area contributed by atoms with Crippen LogP contribution in [-0.4, -0.2) is 41.5 Å². The Hall–Kier alpha value is -3.48. The van der Waals surface area contributed by atoms with Crippen LogP contribution in [0.4, 0.5) is 0 Å². The summed E-state index contributed by atoms with van der Waals surface area (Å²) in [6.45, 7) is 1.09. The van der Waals surface area contributed by atoms with Crippen LogP contribution in [0.1, 0.15) is 22.7 Å². The average Bonchev–Trinajstić information content (AvgIpc) is 3.14. The van der Waals surface area contributed by atoms with Crippen LogP contribution in [0.25, 0.3) is 5.76 Å². The Morgan fingerprint density at radius 2 is 1.66 bits per heavy atom. The van der Waals surface area contributed by atoms with Crippen molar-refractivity contribution in [1.29, 1.82) is 0 Å². The lowest BCUT2D eigenvalue weighted by molar-refractivity contribution is -0.139. The summed E-state index contributed by atoms with van der Waals surface area (Å²) in [4.78, 5) is 27.9. The number of rotatable bonds is 5. The maximum atomic E-state index is 13.2. The second kappa shape index (κ2) is 9.64. The van der Waals surface area contributed by atoms with Gasteiger partial charge in [0.05, 0.1) is 21.7 Å². The molecule has 2 aliphatic heterocycles. The molecule has 2 heterocycles. The van der Waals surface area contributed by atoms with Crippen LogP contribution in [-0.2, 0) is 16.0 Å². The summed E-state index contributed by atoms with van der Waals surface area (Å²) in [7, 11) is 0. The zero-order chi connectivity index (χ0) is 24.5. The van der Waals surface area contributed by atoms with Crippen LogP contribution in [0.3, 0.4) is 0 Å². The minimum atomic E-state index is -0.832. The molecule has 5 rings (SSSR count). The quantitative estimate of drug-likeness (QED) is 0.282. The van der Waals surface area contributed by atoms with Crippen LogP contribution in [0.5, 0.6) is 11.5 Å². The number of benzene rings is 3. The molecule has 2 aliphatic rings. The lowest BCUT2D eigenvalue weighted by Crippen LogP contribution is -2.31. The molecule has 3 aromatic rings. The number of aliphatic hydroxyl groups is 1. The molecule has 1 amide bonds. The largest absolute Gasteiger partial charge is 0.507 e. The number of fused-ring (bicyclic) bond motifs is 1. The number of hydrogen-bond donors (Lipinski definition) is 1. The molecule has 0 bridgehead atoms. The third-order valence-electron chi connectivity index (χ3n) is 6.10. The van der Waals surface area contributed by atoms with Gasteiger partial charge in [0.1, 0.15) is 19.0 Å². The van der Waals surface area contributed by atoms with Crippen molar-refractivity contribution in [3.8, 4) is 11.5 Å². The number of nitrogens with zero attached hydrogens (tertiary/aromatic N) is 1. The van der Waals surface area contributed by atoms with Gasteiger partial charge in [0.2, 0.25) is 0 Å². The first kappa shape index (κ1) is 23.3. The van der Waals surface area contributed by atoms with Gasteiger partial charge in [-0.25, -0.2) is 0 Å².